The van der Waals surface area contributed by atoms with E-state index < -0.39 is 5.97 Å². The normalized spacial score (nSPS) is 21.6. The van der Waals surface area contributed by atoms with Crippen LogP contribution in [0, 0.1) is 0 Å². The van der Waals surface area contributed by atoms with Crippen molar-refractivity contribution in [2.45, 2.75) is 56.9 Å². The van der Waals surface area contributed by atoms with Gasteiger partial charge in [-0.1, -0.05) is 24.5 Å². The molecule has 0 aromatic carbocycles. The van der Waals surface area contributed by atoms with Crippen molar-refractivity contribution >= 4 is 5.97 Å². The molecule has 0 aliphatic heterocycles. The van der Waals surface area contributed by atoms with E-state index in [-0.39, 0.29) is 6.04 Å². The van der Waals surface area contributed by atoms with Gasteiger partial charge < -0.3 is 5.11 Å². The first kappa shape index (κ1) is 10.7. The predicted molar refractivity (Wildman–Crippen MR) is 61.1 cm³/mol. The van der Waals surface area contributed by atoms with E-state index in [1.807, 2.05) is 0 Å². The average molecular weight is 235 g/mol. The third kappa shape index (κ3) is 1.94. The van der Waals surface area contributed by atoms with Crippen LogP contribution in [0.1, 0.15) is 73.1 Å². The van der Waals surface area contributed by atoms with Gasteiger partial charge >= 0.3 is 5.97 Å². The fourth-order valence-corrected chi connectivity index (χ4v) is 2.74. The van der Waals surface area contributed by atoms with Crippen molar-refractivity contribution in [3.8, 4) is 0 Å². The molecule has 0 atom stereocenters. The maximum absolute atomic E-state index is 11.4. The molecule has 0 amide bonds. The lowest BCUT2D eigenvalue weighted by Gasteiger charge is -2.19. The third-order valence-electron chi connectivity index (χ3n) is 3.81. The Hall–Kier alpha value is -1.39. The molecule has 1 N–H and O–H groups in total. The number of carboxylic acid groups (broad SMARTS) is 1. The van der Waals surface area contributed by atoms with Crippen molar-refractivity contribution in [1.82, 2.24) is 15.0 Å². The molecule has 92 valence electrons. The van der Waals surface area contributed by atoms with E-state index in [1.165, 1.54) is 19.3 Å². The first-order valence-electron chi connectivity index (χ1n) is 6.45. The van der Waals surface area contributed by atoms with Crippen molar-refractivity contribution in [3.05, 3.63) is 11.4 Å². The van der Waals surface area contributed by atoms with Crippen LogP contribution in [0.4, 0.5) is 0 Å². The van der Waals surface area contributed by atoms with Crippen LogP contribution in [-0.2, 0) is 0 Å². The summed E-state index contributed by atoms with van der Waals surface area (Å²) in [7, 11) is 0. The minimum Gasteiger partial charge on any atom is -0.476 e. The molecule has 2 fully saturated rings. The molecule has 2 saturated carbocycles. The van der Waals surface area contributed by atoms with Crippen LogP contribution in [0.15, 0.2) is 0 Å². The van der Waals surface area contributed by atoms with Gasteiger partial charge in [-0.3, -0.25) is 0 Å². The molecule has 0 spiro atoms. The van der Waals surface area contributed by atoms with Crippen molar-refractivity contribution in [1.29, 1.82) is 0 Å². The Morgan fingerprint density at radius 1 is 1.18 bits per heavy atom. The van der Waals surface area contributed by atoms with Gasteiger partial charge in [0.15, 0.2) is 5.69 Å². The lowest BCUT2D eigenvalue weighted by molar-refractivity contribution is 0.0680. The smallest absolute Gasteiger partial charge is 0.356 e. The summed E-state index contributed by atoms with van der Waals surface area (Å²) < 4.78 is 1.63. The van der Waals surface area contributed by atoms with Gasteiger partial charge in [-0.15, -0.1) is 5.10 Å². The Kier molecular flexibility index (Phi) is 2.61. The standard InChI is InChI=1S/C12H17N3O2/c16-12(17)11-10(8-4-2-1-3-5-8)13-14-15(11)9-6-7-9/h8-9H,1-7H2,(H,16,17). The number of hydrogen-bond acceptors (Lipinski definition) is 3. The Labute approximate surface area is 99.8 Å². The van der Waals surface area contributed by atoms with Crippen LogP contribution in [0.5, 0.6) is 0 Å². The number of nitrogens with zero attached hydrogens (tertiary/aromatic N) is 3. The van der Waals surface area contributed by atoms with E-state index in [9.17, 15) is 9.90 Å². The summed E-state index contributed by atoms with van der Waals surface area (Å²) in [6.45, 7) is 0. The number of aromatic carboxylic acids is 1. The molecular formula is C12H17N3O2. The highest BCUT2D eigenvalue weighted by Crippen LogP contribution is 2.38. The molecule has 0 bridgehead atoms. The molecule has 5 heteroatoms. The summed E-state index contributed by atoms with van der Waals surface area (Å²) in [5, 5.41) is 17.6. The Morgan fingerprint density at radius 2 is 1.88 bits per heavy atom. The van der Waals surface area contributed by atoms with Gasteiger partial charge in [0.25, 0.3) is 0 Å². The highest BCUT2D eigenvalue weighted by molar-refractivity contribution is 5.87. The van der Waals surface area contributed by atoms with E-state index in [0.717, 1.165) is 31.4 Å². The van der Waals surface area contributed by atoms with E-state index in [1.54, 1.807) is 4.68 Å². The van der Waals surface area contributed by atoms with Crippen molar-refractivity contribution < 1.29 is 9.90 Å². The van der Waals surface area contributed by atoms with Gasteiger partial charge in [0, 0.05) is 5.92 Å². The molecular weight excluding hydrogens is 218 g/mol. The highest BCUT2D eigenvalue weighted by Gasteiger charge is 2.34. The quantitative estimate of drug-likeness (QED) is 0.873. The summed E-state index contributed by atoms with van der Waals surface area (Å²) in [6.07, 6.45) is 7.81. The molecule has 1 aromatic rings. The lowest BCUT2D eigenvalue weighted by atomic mass is 9.86. The van der Waals surface area contributed by atoms with E-state index >= 15 is 0 Å². The zero-order chi connectivity index (χ0) is 11.8. The van der Waals surface area contributed by atoms with Gasteiger partial charge in [0.1, 0.15) is 5.69 Å². The second-order valence-corrected chi connectivity index (χ2v) is 5.14. The maximum atomic E-state index is 11.4. The molecule has 3 rings (SSSR count). The summed E-state index contributed by atoms with van der Waals surface area (Å²) in [5.74, 6) is -0.565. The summed E-state index contributed by atoms with van der Waals surface area (Å²) in [6, 6.07) is 0.283. The zero-order valence-corrected chi connectivity index (χ0v) is 9.80. The van der Waals surface area contributed by atoms with Crippen LogP contribution in [0.3, 0.4) is 0 Å². The lowest BCUT2D eigenvalue weighted by Crippen LogP contribution is -2.14. The largest absolute Gasteiger partial charge is 0.476 e. The second-order valence-electron chi connectivity index (χ2n) is 5.14. The van der Waals surface area contributed by atoms with E-state index in [0.29, 0.717) is 11.6 Å². The fraction of sp³-hybridized carbons (Fsp3) is 0.750. The monoisotopic (exact) mass is 235 g/mol. The molecule has 0 unspecified atom stereocenters. The van der Waals surface area contributed by atoms with Crippen molar-refractivity contribution in [2.75, 3.05) is 0 Å². The van der Waals surface area contributed by atoms with Crippen LogP contribution in [0.2, 0.25) is 0 Å². The van der Waals surface area contributed by atoms with Crippen molar-refractivity contribution in [3.63, 3.8) is 0 Å². The minimum atomic E-state index is -0.873. The molecule has 2 aliphatic rings. The number of carboxylic acids is 1. The Bertz CT molecular complexity index is 431. The van der Waals surface area contributed by atoms with Gasteiger partial charge in [0.05, 0.1) is 6.04 Å². The van der Waals surface area contributed by atoms with Gasteiger partial charge in [0.2, 0.25) is 0 Å². The summed E-state index contributed by atoms with van der Waals surface area (Å²) in [4.78, 5) is 11.4. The van der Waals surface area contributed by atoms with Gasteiger partial charge in [-0.05, 0) is 25.7 Å². The molecule has 0 radical (unpaired) electrons. The number of rotatable bonds is 3. The van der Waals surface area contributed by atoms with Crippen molar-refractivity contribution in [2.24, 2.45) is 0 Å². The van der Waals surface area contributed by atoms with E-state index in [4.69, 9.17) is 0 Å². The van der Waals surface area contributed by atoms with Crippen LogP contribution >= 0.6 is 0 Å². The molecule has 5 nitrogen and oxygen atoms in total. The average Bonchev–Trinajstić information content (AvgIpc) is 3.08. The van der Waals surface area contributed by atoms with Gasteiger partial charge in [-0.2, -0.15) is 0 Å². The van der Waals surface area contributed by atoms with Crippen LogP contribution < -0.4 is 0 Å². The molecule has 0 saturated heterocycles. The predicted octanol–water partition coefficient (Wildman–Crippen LogP) is 2.36. The SMILES string of the molecule is O=C(O)c1c(C2CCCCC2)nnn1C1CC1. The topological polar surface area (TPSA) is 68.0 Å². The fourth-order valence-electron chi connectivity index (χ4n) is 2.74. The third-order valence-corrected chi connectivity index (χ3v) is 3.81. The minimum absolute atomic E-state index is 0.283. The maximum Gasteiger partial charge on any atom is 0.356 e. The van der Waals surface area contributed by atoms with Crippen LogP contribution in [0.25, 0.3) is 0 Å². The second kappa shape index (κ2) is 4.13. The molecule has 1 aromatic heterocycles. The zero-order valence-electron chi connectivity index (χ0n) is 9.80. The summed E-state index contributed by atoms with van der Waals surface area (Å²) >= 11 is 0. The van der Waals surface area contributed by atoms with Gasteiger partial charge in [-0.25, -0.2) is 9.48 Å². The van der Waals surface area contributed by atoms with E-state index in [2.05, 4.69) is 10.3 Å². The van der Waals surface area contributed by atoms with Crippen LogP contribution in [-0.4, -0.2) is 26.1 Å². The Morgan fingerprint density at radius 3 is 2.47 bits per heavy atom. The molecule has 2 aliphatic carbocycles. The number of aromatic nitrogens is 3. The Balaban J connectivity index is 1.94. The number of carbonyl (C=O) groups is 1. The molecule has 1 heterocycles. The summed E-state index contributed by atoms with van der Waals surface area (Å²) in [5.41, 5.74) is 1.07. The number of hydrogen-bond donors (Lipinski definition) is 1. The molecule has 17 heavy (non-hydrogen) atoms. The first-order chi connectivity index (χ1) is 8.27. The highest BCUT2D eigenvalue weighted by atomic mass is 16.4. The first-order valence-corrected chi connectivity index (χ1v) is 6.45.